The summed E-state index contributed by atoms with van der Waals surface area (Å²) in [7, 11) is -7.30. The summed E-state index contributed by atoms with van der Waals surface area (Å²) in [5, 5.41) is 3.65. The molecule has 8 nitrogen and oxygen atoms in total. The van der Waals surface area contributed by atoms with Gasteiger partial charge in [0, 0.05) is 19.2 Å². The molecule has 0 atom stereocenters. The van der Waals surface area contributed by atoms with E-state index in [-0.39, 0.29) is 23.8 Å². The molecule has 126 valence electrons. The van der Waals surface area contributed by atoms with Gasteiger partial charge < -0.3 is 4.52 Å². The number of hydrogen-bond donors (Lipinski definition) is 1. The van der Waals surface area contributed by atoms with Crippen molar-refractivity contribution in [3.63, 3.8) is 0 Å². The van der Waals surface area contributed by atoms with Crippen LogP contribution in [0.15, 0.2) is 45.8 Å². The third-order valence-electron chi connectivity index (χ3n) is 2.93. The van der Waals surface area contributed by atoms with Gasteiger partial charge in [-0.1, -0.05) is 23.4 Å². The Morgan fingerprint density at radius 1 is 1.17 bits per heavy atom. The Morgan fingerprint density at radius 2 is 1.83 bits per heavy atom. The van der Waals surface area contributed by atoms with E-state index >= 15 is 0 Å². The number of nitrogens with one attached hydrogen (secondary N) is 1. The summed E-state index contributed by atoms with van der Waals surface area (Å²) in [6.45, 7) is 1.43. The van der Waals surface area contributed by atoms with Gasteiger partial charge in [0.15, 0.2) is 5.82 Å². The molecule has 0 fully saturated rings. The van der Waals surface area contributed by atoms with Crippen LogP contribution in [0.4, 0.5) is 5.82 Å². The van der Waals surface area contributed by atoms with Crippen LogP contribution >= 0.6 is 0 Å². The predicted octanol–water partition coefficient (Wildman–Crippen LogP) is 0.728. The lowest BCUT2D eigenvalue weighted by molar-refractivity contribution is 0.398. The molecule has 1 N–H and O–H groups in total. The number of anilines is 1. The molecule has 0 aliphatic heterocycles. The molecular formula is C13H17N3O5S2. The molecule has 2 rings (SSSR count). The van der Waals surface area contributed by atoms with E-state index < -0.39 is 20.0 Å². The zero-order valence-corrected chi connectivity index (χ0v) is 14.3. The van der Waals surface area contributed by atoms with Crippen LogP contribution in [-0.2, 0) is 20.0 Å². The van der Waals surface area contributed by atoms with Gasteiger partial charge in [-0.3, -0.25) is 0 Å². The number of rotatable bonds is 7. The van der Waals surface area contributed by atoms with E-state index in [0.29, 0.717) is 5.76 Å². The van der Waals surface area contributed by atoms with E-state index in [9.17, 15) is 16.8 Å². The number of sulfonamides is 2. The molecule has 0 spiro atoms. The molecule has 0 aliphatic rings. The third-order valence-corrected chi connectivity index (χ3v) is 5.58. The molecule has 10 heteroatoms. The van der Waals surface area contributed by atoms with Crippen molar-refractivity contribution in [3.8, 4) is 0 Å². The molecule has 0 radical (unpaired) electrons. The molecule has 0 saturated carbocycles. The van der Waals surface area contributed by atoms with E-state index in [1.54, 1.807) is 25.1 Å². The number of aromatic nitrogens is 1. The van der Waals surface area contributed by atoms with Crippen molar-refractivity contribution < 1.29 is 21.4 Å². The van der Waals surface area contributed by atoms with Gasteiger partial charge in [-0.2, -0.15) is 0 Å². The Morgan fingerprint density at radius 3 is 2.35 bits per heavy atom. The number of benzene rings is 1. The number of nitrogens with zero attached hydrogens (tertiary/aromatic N) is 2. The third kappa shape index (κ3) is 4.53. The molecule has 0 aliphatic carbocycles. The first-order chi connectivity index (χ1) is 10.7. The Kier molecular flexibility index (Phi) is 5.07. The molecular weight excluding hydrogens is 342 g/mol. The Hall–Kier alpha value is -1.91. The molecule has 1 aromatic heterocycles. The lowest BCUT2D eigenvalue weighted by atomic mass is 10.4. The normalized spacial score (nSPS) is 12.3. The second-order valence-electron chi connectivity index (χ2n) is 4.84. The van der Waals surface area contributed by atoms with Crippen LogP contribution in [-0.4, -0.2) is 41.3 Å². The van der Waals surface area contributed by atoms with Crippen LogP contribution in [0.3, 0.4) is 0 Å². The summed E-state index contributed by atoms with van der Waals surface area (Å²) < 4.78 is 56.1. The van der Waals surface area contributed by atoms with Gasteiger partial charge in [0.25, 0.3) is 0 Å². The molecule has 23 heavy (non-hydrogen) atoms. The van der Waals surface area contributed by atoms with Crippen molar-refractivity contribution >= 4 is 25.9 Å². The van der Waals surface area contributed by atoms with Crippen LogP contribution in [0.25, 0.3) is 0 Å². The fraction of sp³-hybridized carbons (Fsp3) is 0.308. The van der Waals surface area contributed by atoms with Crippen molar-refractivity contribution in [3.05, 3.63) is 42.2 Å². The summed E-state index contributed by atoms with van der Waals surface area (Å²) in [6.07, 6.45) is 1.02. The topological polar surface area (TPSA) is 110 Å². The minimum Gasteiger partial charge on any atom is -0.360 e. The molecule has 2 aromatic rings. The van der Waals surface area contributed by atoms with E-state index in [0.717, 1.165) is 10.6 Å². The highest BCUT2D eigenvalue weighted by Crippen LogP contribution is 2.16. The summed E-state index contributed by atoms with van der Waals surface area (Å²) >= 11 is 0. The van der Waals surface area contributed by atoms with Gasteiger partial charge in [0.1, 0.15) is 5.76 Å². The summed E-state index contributed by atoms with van der Waals surface area (Å²) in [6, 6.07) is 9.30. The number of aryl methyl sites for hydroxylation is 1. The first-order valence-corrected chi connectivity index (χ1v) is 9.99. The van der Waals surface area contributed by atoms with E-state index in [1.165, 1.54) is 18.2 Å². The van der Waals surface area contributed by atoms with Gasteiger partial charge in [-0.25, -0.2) is 25.9 Å². The summed E-state index contributed by atoms with van der Waals surface area (Å²) in [5.74, 6) is 0.572. The highest BCUT2D eigenvalue weighted by Gasteiger charge is 2.22. The molecule has 0 saturated heterocycles. The quantitative estimate of drug-likeness (QED) is 0.780. The first kappa shape index (κ1) is 17.4. The van der Waals surface area contributed by atoms with Crippen LogP contribution in [0.1, 0.15) is 5.76 Å². The maximum Gasteiger partial charge on any atom is 0.240 e. The second-order valence-corrected chi connectivity index (χ2v) is 8.52. The highest BCUT2D eigenvalue weighted by molar-refractivity contribution is 7.92. The highest BCUT2D eigenvalue weighted by atomic mass is 32.2. The van der Waals surface area contributed by atoms with Gasteiger partial charge in [0.05, 0.1) is 11.2 Å². The van der Waals surface area contributed by atoms with Gasteiger partial charge >= 0.3 is 0 Å². The standard InChI is InChI=1S/C13H17N3O5S2/c1-11-10-13(15-21-11)16(22(2,17)18)9-8-14-23(19,20)12-6-4-3-5-7-12/h3-7,10,14H,8-9H2,1-2H3. The predicted molar refractivity (Wildman–Crippen MR) is 85.1 cm³/mol. The second kappa shape index (κ2) is 6.69. The van der Waals surface area contributed by atoms with Crippen molar-refractivity contribution in [2.75, 3.05) is 23.7 Å². The average Bonchev–Trinajstić information content (AvgIpc) is 2.89. The SMILES string of the molecule is Cc1cc(N(CCNS(=O)(=O)c2ccccc2)S(C)(=O)=O)no1. The Labute approximate surface area is 135 Å². The maximum absolute atomic E-state index is 12.1. The smallest absolute Gasteiger partial charge is 0.240 e. The molecule has 1 heterocycles. The van der Waals surface area contributed by atoms with E-state index in [4.69, 9.17) is 4.52 Å². The van der Waals surface area contributed by atoms with E-state index in [1.807, 2.05) is 0 Å². The van der Waals surface area contributed by atoms with Crippen molar-refractivity contribution in [2.45, 2.75) is 11.8 Å². The lowest BCUT2D eigenvalue weighted by Crippen LogP contribution is -2.38. The first-order valence-electron chi connectivity index (χ1n) is 6.66. The Balaban J connectivity index is 2.08. The zero-order chi connectivity index (χ0) is 17.1. The summed E-state index contributed by atoms with van der Waals surface area (Å²) in [5.41, 5.74) is 0. The largest absolute Gasteiger partial charge is 0.360 e. The van der Waals surface area contributed by atoms with Crippen molar-refractivity contribution in [2.24, 2.45) is 0 Å². The fourth-order valence-electron chi connectivity index (χ4n) is 1.89. The van der Waals surface area contributed by atoms with Gasteiger partial charge in [-0.15, -0.1) is 0 Å². The minimum atomic E-state index is -3.69. The van der Waals surface area contributed by atoms with Crippen LogP contribution in [0.2, 0.25) is 0 Å². The molecule has 0 amide bonds. The molecule has 0 bridgehead atoms. The summed E-state index contributed by atoms with van der Waals surface area (Å²) in [4.78, 5) is 0.114. The van der Waals surface area contributed by atoms with Crippen LogP contribution in [0, 0.1) is 6.92 Å². The lowest BCUT2D eigenvalue weighted by Gasteiger charge is -2.19. The fourth-order valence-corrected chi connectivity index (χ4v) is 3.78. The molecule has 0 unspecified atom stereocenters. The van der Waals surface area contributed by atoms with E-state index in [2.05, 4.69) is 9.88 Å². The molecule has 1 aromatic carbocycles. The van der Waals surface area contributed by atoms with Crippen LogP contribution in [0.5, 0.6) is 0 Å². The maximum atomic E-state index is 12.1. The van der Waals surface area contributed by atoms with Gasteiger partial charge in [0.2, 0.25) is 20.0 Å². The zero-order valence-electron chi connectivity index (χ0n) is 12.6. The van der Waals surface area contributed by atoms with Crippen molar-refractivity contribution in [1.29, 1.82) is 0 Å². The monoisotopic (exact) mass is 359 g/mol. The van der Waals surface area contributed by atoms with Crippen LogP contribution < -0.4 is 9.03 Å². The minimum absolute atomic E-state index is 0.100. The average molecular weight is 359 g/mol. The van der Waals surface area contributed by atoms with Gasteiger partial charge in [-0.05, 0) is 19.1 Å². The number of hydrogen-bond acceptors (Lipinski definition) is 6. The Bertz CT molecular complexity index is 860. The van der Waals surface area contributed by atoms with Crippen molar-refractivity contribution in [1.82, 2.24) is 9.88 Å².